The van der Waals surface area contributed by atoms with Crippen LogP contribution in [-0.4, -0.2) is 9.38 Å². The Morgan fingerprint density at radius 1 is 1.26 bits per heavy atom. The lowest BCUT2D eigenvalue weighted by Crippen LogP contribution is -1.96. The van der Waals surface area contributed by atoms with Crippen LogP contribution in [0.3, 0.4) is 0 Å². The van der Waals surface area contributed by atoms with Crippen LogP contribution in [-0.2, 0) is 6.54 Å². The third-order valence-corrected chi connectivity index (χ3v) is 3.62. The fourth-order valence-corrected chi connectivity index (χ4v) is 2.53. The number of imidazole rings is 1. The predicted molar refractivity (Wildman–Crippen MR) is 76.2 cm³/mol. The van der Waals surface area contributed by atoms with Gasteiger partial charge in [0.15, 0.2) is 0 Å². The van der Waals surface area contributed by atoms with Crippen molar-refractivity contribution >= 4 is 21.6 Å². The van der Waals surface area contributed by atoms with Gasteiger partial charge in [0.25, 0.3) is 0 Å². The Kier molecular flexibility index (Phi) is 3.08. The number of nitrogens with zero attached hydrogens (tertiary/aromatic N) is 2. The van der Waals surface area contributed by atoms with E-state index in [1.54, 1.807) is 6.07 Å². The lowest BCUT2D eigenvalue weighted by Gasteiger charge is -1.99. The minimum atomic E-state index is -0.273. The molecule has 5 heteroatoms. The van der Waals surface area contributed by atoms with Gasteiger partial charge in [0.2, 0.25) is 0 Å². The smallest absolute Gasteiger partial charge is 0.137 e. The Morgan fingerprint density at radius 3 is 2.84 bits per heavy atom. The molecule has 0 spiro atoms. The van der Waals surface area contributed by atoms with Crippen molar-refractivity contribution in [1.82, 2.24) is 9.38 Å². The Labute approximate surface area is 118 Å². The van der Waals surface area contributed by atoms with E-state index >= 15 is 0 Å². The summed E-state index contributed by atoms with van der Waals surface area (Å²) in [5.74, 6) is -0.273. The summed E-state index contributed by atoms with van der Waals surface area (Å²) < 4.78 is 15.7. The standard InChI is InChI=1S/C14H11BrFN3/c15-12-6-10(16)1-2-11(12)13-8-19-4-3-9(7-17)5-14(19)18-13/h1-6,8H,7,17H2. The third kappa shape index (κ3) is 2.27. The maximum atomic E-state index is 13.1. The van der Waals surface area contributed by atoms with Crippen molar-refractivity contribution in [2.75, 3.05) is 0 Å². The summed E-state index contributed by atoms with van der Waals surface area (Å²) in [5.41, 5.74) is 9.12. The zero-order valence-corrected chi connectivity index (χ0v) is 11.6. The van der Waals surface area contributed by atoms with Crippen LogP contribution in [0.2, 0.25) is 0 Å². The molecule has 0 bridgehead atoms. The van der Waals surface area contributed by atoms with E-state index in [1.165, 1.54) is 12.1 Å². The van der Waals surface area contributed by atoms with Crippen LogP contribution in [0.25, 0.3) is 16.9 Å². The zero-order valence-electron chi connectivity index (χ0n) is 9.98. The van der Waals surface area contributed by atoms with Gasteiger partial charge in [0, 0.05) is 29.0 Å². The Hall–Kier alpha value is -1.72. The van der Waals surface area contributed by atoms with Crippen molar-refractivity contribution in [2.45, 2.75) is 6.54 Å². The average molecular weight is 320 g/mol. The van der Waals surface area contributed by atoms with Gasteiger partial charge in [-0.15, -0.1) is 0 Å². The lowest BCUT2D eigenvalue weighted by molar-refractivity contribution is 0.627. The quantitative estimate of drug-likeness (QED) is 0.787. The van der Waals surface area contributed by atoms with Gasteiger partial charge in [-0.2, -0.15) is 0 Å². The second-order valence-corrected chi connectivity index (χ2v) is 5.11. The maximum absolute atomic E-state index is 13.1. The molecular weight excluding hydrogens is 309 g/mol. The fourth-order valence-electron chi connectivity index (χ4n) is 1.98. The first-order chi connectivity index (χ1) is 9.17. The second-order valence-electron chi connectivity index (χ2n) is 4.25. The van der Waals surface area contributed by atoms with E-state index in [1.807, 2.05) is 28.9 Å². The van der Waals surface area contributed by atoms with Gasteiger partial charge >= 0.3 is 0 Å². The summed E-state index contributed by atoms with van der Waals surface area (Å²) in [6.45, 7) is 0.485. The second kappa shape index (κ2) is 4.75. The highest BCUT2D eigenvalue weighted by molar-refractivity contribution is 9.10. The molecule has 96 valence electrons. The van der Waals surface area contributed by atoms with Gasteiger partial charge in [-0.05, 0) is 51.8 Å². The molecule has 0 fully saturated rings. The molecule has 2 aromatic heterocycles. The minimum absolute atomic E-state index is 0.273. The first kappa shape index (κ1) is 12.3. The monoisotopic (exact) mass is 319 g/mol. The van der Waals surface area contributed by atoms with Crippen LogP contribution < -0.4 is 5.73 Å². The average Bonchev–Trinajstić information content (AvgIpc) is 2.80. The number of pyridine rings is 1. The van der Waals surface area contributed by atoms with Crippen molar-refractivity contribution in [3.63, 3.8) is 0 Å². The summed E-state index contributed by atoms with van der Waals surface area (Å²) in [6, 6.07) is 8.48. The van der Waals surface area contributed by atoms with Crippen molar-refractivity contribution < 1.29 is 4.39 Å². The van der Waals surface area contributed by atoms with E-state index in [9.17, 15) is 4.39 Å². The molecule has 2 heterocycles. The Balaban J connectivity index is 2.14. The third-order valence-electron chi connectivity index (χ3n) is 2.97. The largest absolute Gasteiger partial charge is 0.326 e. The molecule has 0 saturated carbocycles. The summed E-state index contributed by atoms with van der Waals surface area (Å²) >= 11 is 3.36. The Morgan fingerprint density at radius 2 is 2.11 bits per heavy atom. The Bertz CT molecular complexity index is 752. The molecule has 2 N–H and O–H groups in total. The molecule has 3 nitrogen and oxygen atoms in total. The molecule has 0 atom stereocenters. The topological polar surface area (TPSA) is 43.3 Å². The number of benzene rings is 1. The molecule has 0 aliphatic rings. The number of halogens is 2. The van der Waals surface area contributed by atoms with Crippen LogP contribution >= 0.6 is 15.9 Å². The van der Waals surface area contributed by atoms with Crippen LogP contribution in [0.1, 0.15) is 5.56 Å². The van der Waals surface area contributed by atoms with Gasteiger partial charge in [-0.3, -0.25) is 0 Å². The van der Waals surface area contributed by atoms with Crippen molar-refractivity contribution in [1.29, 1.82) is 0 Å². The van der Waals surface area contributed by atoms with Crippen LogP contribution in [0, 0.1) is 5.82 Å². The summed E-state index contributed by atoms with van der Waals surface area (Å²) in [4.78, 5) is 4.54. The van der Waals surface area contributed by atoms with E-state index in [-0.39, 0.29) is 5.82 Å². The normalized spacial score (nSPS) is 11.1. The maximum Gasteiger partial charge on any atom is 0.137 e. The zero-order chi connectivity index (χ0) is 13.4. The van der Waals surface area contributed by atoms with Crippen molar-refractivity contribution in [3.8, 4) is 11.3 Å². The summed E-state index contributed by atoms with van der Waals surface area (Å²) in [5, 5.41) is 0. The first-order valence-corrected chi connectivity index (χ1v) is 6.60. The van der Waals surface area contributed by atoms with Crippen molar-refractivity contribution in [3.05, 3.63) is 58.6 Å². The van der Waals surface area contributed by atoms with Crippen molar-refractivity contribution in [2.24, 2.45) is 5.73 Å². The molecule has 3 rings (SSSR count). The molecule has 1 aromatic carbocycles. The van der Waals surface area contributed by atoms with E-state index < -0.39 is 0 Å². The molecule has 0 aliphatic heterocycles. The first-order valence-electron chi connectivity index (χ1n) is 5.80. The van der Waals surface area contributed by atoms with Crippen LogP contribution in [0.5, 0.6) is 0 Å². The molecule has 0 unspecified atom stereocenters. The van der Waals surface area contributed by atoms with Crippen LogP contribution in [0.15, 0.2) is 47.2 Å². The molecule has 0 amide bonds. The number of fused-ring (bicyclic) bond motifs is 1. The predicted octanol–water partition coefficient (Wildman–Crippen LogP) is 3.36. The number of nitrogens with two attached hydrogens (primary N) is 1. The number of hydrogen-bond donors (Lipinski definition) is 1. The molecule has 3 aromatic rings. The number of aromatic nitrogens is 2. The van der Waals surface area contributed by atoms with E-state index in [2.05, 4.69) is 20.9 Å². The highest BCUT2D eigenvalue weighted by Gasteiger charge is 2.09. The highest BCUT2D eigenvalue weighted by Crippen LogP contribution is 2.28. The van der Waals surface area contributed by atoms with Gasteiger partial charge in [-0.1, -0.05) is 0 Å². The van der Waals surface area contributed by atoms with Gasteiger partial charge in [-0.25, -0.2) is 9.37 Å². The van der Waals surface area contributed by atoms with Gasteiger partial charge in [0.05, 0.1) is 5.69 Å². The number of rotatable bonds is 2. The minimum Gasteiger partial charge on any atom is -0.326 e. The molecule has 0 aliphatic carbocycles. The fraction of sp³-hybridized carbons (Fsp3) is 0.0714. The van der Waals surface area contributed by atoms with E-state index in [4.69, 9.17) is 5.73 Å². The van der Waals surface area contributed by atoms with E-state index in [0.717, 1.165) is 22.5 Å². The highest BCUT2D eigenvalue weighted by atomic mass is 79.9. The van der Waals surface area contributed by atoms with Gasteiger partial charge < -0.3 is 10.1 Å². The van der Waals surface area contributed by atoms with Gasteiger partial charge in [0.1, 0.15) is 11.5 Å². The SMILES string of the molecule is NCc1ccn2cc(-c3ccc(F)cc3Br)nc2c1. The summed E-state index contributed by atoms with van der Waals surface area (Å²) in [7, 11) is 0. The molecule has 0 saturated heterocycles. The van der Waals surface area contributed by atoms with E-state index in [0.29, 0.717) is 11.0 Å². The molecule has 0 radical (unpaired) electrons. The van der Waals surface area contributed by atoms with Crippen LogP contribution in [0.4, 0.5) is 4.39 Å². The lowest BCUT2D eigenvalue weighted by atomic mass is 10.2. The molecule has 19 heavy (non-hydrogen) atoms. The molecular formula is C14H11BrFN3. The number of hydrogen-bond acceptors (Lipinski definition) is 2. The summed E-state index contributed by atoms with van der Waals surface area (Å²) in [6.07, 6.45) is 3.83.